The zero-order valence-corrected chi connectivity index (χ0v) is 11.1. The van der Waals surface area contributed by atoms with E-state index in [0.717, 1.165) is 13.0 Å². The maximum Gasteiger partial charge on any atom is 0.364 e. The van der Waals surface area contributed by atoms with Crippen LogP contribution in [-0.4, -0.2) is 40.4 Å². The molecule has 0 amide bonds. The predicted molar refractivity (Wildman–Crippen MR) is 59.8 cm³/mol. The van der Waals surface area contributed by atoms with Gasteiger partial charge in [-0.3, -0.25) is 0 Å². The fourth-order valence-corrected chi connectivity index (χ4v) is 3.62. The standard InChI is InChI=1S/C10H22O4Si/c1-5-12-15(4,13-6-2)9(3)14-10-7-8-11-10/h9-10H,5-8H2,1-4H3. The van der Waals surface area contributed by atoms with Gasteiger partial charge in [0.05, 0.1) is 6.61 Å². The molecule has 1 rings (SSSR count). The largest absolute Gasteiger partial charge is 0.393 e. The Hall–Kier alpha value is 0.0569. The van der Waals surface area contributed by atoms with Gasteiger partial charge in [-0.05, 0) is 27.3 Å². The molecule has 0 aromatic heterocycles. The number of ether oxygens (including phenoxy) is 2. The Balaban J connectivity index is 2.44. The first-order valence-electron chi connectivity index (χ1n) is 5.67. The van der Waals surface area contributed by atoms with Crippen LogP contribution in [0.2, 0.25) is 6.55 Å². The fraction of sp³-hybridized carbons (Fsp3) is 1.00. The topological polar surface area (TPSA) is 36.9 Å². The average Bonchev–Trinajstić information content (AvgIpc) is 2.11. The molecule has 1 aliphatic rings. The molecule has 0 aliphatic carbocycles. The van der Waals surface area contributed by atoms with Gasteiger partial charge in [0.1, 0.15) is 5.73 Å². The van der Waals surface area contributed by atoms with E-state index in [0.29, 0.717) is 13.2 Å². The maximum atomic E-state index is 5.75. The molecule has 1 aliphatic heterocycles. The van der Waals surface area contributed by atoms with Gasteiger partial charge in [-0.15, -0.1) is 0 Å². The molecular formula is C10H22O4Si. The van der Waals surface area contributed by atoms with Crippen molar-refractivity contribution >= 4 is 8.56 Å². The number of hydrogen-bond donors (Lipinski definition) is 0. The average molecular weight is 234 g/mol. The summed E-state index contributed by atoms with van der Waals surface area (Å²) in [5.74, 6) is 0. The molecular weight excluding hydrogens is 212 g/mol. The summed E-state index contributed by atoms with van der Waals surface area (Å²) in [7, 11) is -2.20. The lowest BCUT2D eigenvalue weighted by molar-refractivity contribution is -0.225. The van der Waals surface area contributed by atoms with E-state index >= 15 is 0 Å². The fourth-order valence-electron chi connectivity index (χ4n) is 1.52. The van der Waals surface area contributed by atoms with Crippen molar-refractivity contribution in [2.24, 2.45) is 0 Å². The van der Waals surface area contributed by atoms with E-state index < -0.39 is 8.56 Å². The second-order valence-electron chi connectivity index (χ2n) is 3.75. The van der Waals surface area contributed by atoms with E-state index in [4.69, 9.17) is 18.3 Å². The van der Waals surface area contributed by atoms with Gasteiger partial charge in [0, 0.05) is 19.6 Å². The summed E-state index contributed by atoms with van der Waals surface area (Å²) in [6, 6.07) is 0. The summed E-state index contributed by atoms with van der Waals surface area (Å²) in [4.78, 5) is 0. The predicted octanol–water partition coefficient (Wildman–Crippen LogP) is 1.82. The molecule has 0 aromatic rings. The van der Waals surface area contributed by atoms with Crippen LogP contribution in [0.3, 0.4) is 0 Å². The molecule has 5 heteroatoms. The summed E-state index contributed by atoms with van der Waals surface area (Å²) < 4.78 is 22.5. The van der Waals surface area contributed by atoms with Crippen molar-refractivity contribution in [2.75, 3.05) is 19.8 Å². The Kier molecular flexibility index (Phi) is 5.21. The van der Waals surface area contributed by atoms with Crippen LogP contribution in [0.15, 0.2) is 0 Å². The summed E-state index contributed by atoms with van der Waals surface area (Å²) >= 11 is 0. The maximum absolute atomic E-state index is 5.75. The summed E-state index contributed by atoms with van der Waals surface area (Å²) in [5, 5.41) is 0. The lowest BCUT2D eigenvalue weighted by atomic mass is 10.3. The van der Waals surface area contributed by atoms with Crippen molar-refractivity contribution in [2.45, 2.75) is 45.8 Å². The molecule has 2 unspecified atom stereocenters. The van der Waals surface area contributed by atoms with Gasteiger partial charge in [-0.2, -0.15) is 0 Å². The van der Waals surface area contributed by atoms with Crippen LogP contribution in [0.5, 0.6) is 0 Å². The van der Waals surface area contributed by atoms with Crippen LogP contribution in [0, 0.1) is 0 Å². The molecule has 1 saturated heterocycles. The minimum absolute atomic E-state index is 0.00250. The Morgan fingerprint density at radius 3 is 2.20 bits per heavy atom. The zero-order valence-electron chi connectivity index (χ0n) is 10.1. The first kappa shape index (κ1) is 13.1. The van der Waals surface area contributed by atoms with Gasteiger partial charge >= 0.3 is 8.56 Å². The minimum Gasteiger partial charge on any atom is -0.393 e. The highest BCUT2D eigenvalue weighted by Crippen LogP contribution is 2.21. The second kappa shape index (κ2) is 5.96. The quantitative estimate of drug-likeness (QED) is 0.630. The Bertz CT molecular complexity index is 178. The van der Waals surface area contributed by atoms with E-state index in [2.05, 4.69) is 0 Å². The van der Waals surface area contributed by atoms with Crippen molar-refractivity contribution < 1.29 is 18.3 Å². The minimum atomic E-state index is -2.20. The van der Waals surface area contributed by atoms with Crippen LogP contribution in [0.4, 0.5) is 0 Å². The second-order valence-corrected chi connectivity index (χ2v) is 7.17. The molecule has 0 aromatic carbocycles. The van der Waals surface area contributed by atoms with Crippen LogP contribution < -0.4 is 0 Å². The summed E-state index contributed by atoms with van der Waals surface area (Å²) in [5.41, 5.74) is 0.00250. The molecule has 0 bridgehead atoms. The Labute approximate surface area is 93.1 Å². The summed E-state index contributed by atoms with van der Waals surface area (Å²) in [6.07, 6.45) is 0.931. The summed E-state index contributed by atoms with van der Waals surface area (Å²) in [6.45, 7) is 10.2. The van der Waals surface area contributed by atoms with Gasteiger partial charge < -0.3 is 18.3 Å². The smallest absolute Gasteiger partial charge is 0.364 e. The third kappa shape index (κ3) is 3.53. The third-order valence-electron chi connectivity index (χ3n) is 2.61. The van der Waals surface area contributed by atoms with E-state index in [1.54, 1.807) is 0 Å². The molecule has 2 atom stereocenters. The van der Waals surface area contributed by atoms with Crippen molar-refractivity contribution in [3.05, 3.63) is 0 Å². The van der Waals surface area contributed by atoms with Gasteiger partial charge in [0.15, 0.2) is 6.29 Å². The van der Waals surface area contributed by atoms with Crippen molar-refractivity contribution in [1.29, 1.82) is 0 Å². The van der Waals surface area contributed by atoms with Crippen LogP contribution in [0.25, 0.3) is 0 Å². The van der Waals surface area contributed by atoms with Crippen LogP contribution >= 0.6 is 0 Å². The molecule has 0 saturated carbocycles. The monoisotopic (exact) mass is 234 g/mol. The van der Waals surface area contributed by atoms with E-state index in [-0.39, 0.29) is 12.0 Å². The molecule has 1 fully saturated rings. The first-order valence-corrected chi connectivity index (χ1v) is 8.06. The molecule has 90 valence electrons. The molecule has 0 spiro atoms. The van der Waals surface area contributed by atoms with Gasteiger partial charge in [-0.25, -0.2) is 0 Å². The van der Waals surface area contributed by atoms with Crippen LogP contribution in [0.1, 0.15) is 27.2 Å². The van der Waals surface area contributed by atoms with Crippen molar-refractivity contribution in [3.63, 3.8) is 0 Å². The normalized spacial score (nSPS) is 23.6. The van der Waals surface area contributed by atoms with E-state index in [1.165, 1.54) is 0 Å². The van der Waals surface area contributed by atoms with Crippen LogP contribution in [-0.2, 0) is 18.3 Å². The molecule has 4 nitrogen and oxygen atoms in total. The van der Waals surface area contributed by atoms with Gasteiger partial charge in [0.2, 0.25) is 0 Å². The van der Waals surface area contributed by atoms with E-state index in [9.17, 15) is 0 Å². The highest BCUT2D eigenvalue weighted by molar-refractivity contribution is 6.67. The van der Waals surface area contributed by atoms with Crippen molar-refractivity contribution in [3.8, 4) is 0 Å². The molecule has 0 N–H and O–H groups in total. The molecule has 1 heterocycles. The Morgan fingerprint density at radius 2 is 1.87 bits per heavy atom. The highest BCUT2D eigenvalue weighted by Gasteiger charge is 2.41. The van der Waals surface area contributed by atoms with Gasteiger partial charge in [-0.1, -0.05) is 0 Å². The van der Waals surface area contributed by atoms with Gasteiger partial charge in [0.25, 0.3) is 0 Å². The van der Waals surface area contributed by atoms with E-state index in [1.807, 2.05) is 27.3 Å². The Morgan fingerprint density at radius 1 is 1.33 bits per heavy atom. The zero-order chi connectivity index (χ0) is 11.3. The highest BCUT2D eigenvalue weighted by atomic mass is 28.4. The third-order valence-corrected chi connectivity index (χ3v) is 5.95. The lowest BCUT2D eigenvalue weighted by Gasteiger charge is -2.36. The van der Waals surface area contributed by atoms with Crippen molar-refractivity contribution in [1.82, 2.24) is 0 Å². The SMILES string of the molecule is CCO[Si](C)(OCC)C(C)OC1CCO1. The number of hydrogen-bond acceptors (Lipinski definition) is 4. The lowest BCUT2D eigenvalue weighted by Crippen LogP contribution is -2.53. The molecule has 0 radical (unpaired) electrons. The first-order chi connectivity index (χ1) is 7.12. The number of rotatable bonds is 7. The molecule has 15 heavy (non-hydrogen) atoms.